The Hall–Kier alpha value is -3.39. The van der Waals surface area contributed by atoms with Gasteiger partial charge in [-0.15, -0.1) is 0 Å². The molecule has 3 aliphatic rings. The summed E-state index contributed by atoms with van der Waals surface area (Å²) in [5, 5.41) is 14.9. The Morgan fingerprint density at radius 1 is 1.00 bits per heavy atom. The monoisotopic (exact) mass is 478 g/mol. The third-order valence-electron chi connectivity index (χ3n) is 7.79. The zero-order valence-corrected chi connectivity index (χ0v) is 19.6. The molecule has 8 heteroatoms. The molecule has 0 radical (unpaired) electrons. The van der Waals surface area contributed by atoms with Gasteiger partial charge >= 0.3 is 12.1 Å². The number of carbonyl (C=O) groups is 3. The fourth-order valence-corrected chi connectivity index (χ4v) is 6.01. The molecule has 2 amide bonds. The van der Waals surface area contributed by atoms with Crippen LogP contribution in [0.3, 0.4) is 0 Å². The van der Waals surface area contributed by atoms with Crippen molar-refractivity contribution in [1.29, 1.82) is 0 Å². The minimum Gasteiger partial charge on any atom is -0.481 e. The molecule has 3 N–H and O–H groups in total. The molecule has 2 aromatic carbocycles. The quantitative estimate of drug-likeness (QED) is 0.537. The molecule has 184 valence electrons. The third kappa shape index (κ3) is 4.50. The number of fused-ring (bicyclic) bond motifs is 4. The van der Waals surface area contributed by atoms with Crippen molar-refractivity contribution in [3.8, 4) is 11.1 Å². The van der Waals surface area contributed by atoms with Crippen LogP contribution in [-0.2, 0) is 19.1 Å². The first-order chi connectivity index (χ1) is 17.0. The number of hydrogen-bond acceptors (Lipinski definition) is 5. The molecule has 5 rings (SSSR count). The number of amides is 2. The highest BCUT2D eigenvalue weighted by Crippen LogP contribution is 2.49. The lowest BCUT2D eigenvalue weighted by molar-refractivity contribution is -0.141. The number of rotatable bonds is 8. The lowest BCUT2D eigenvalue weighted by Crippen LogP contribution is -2.57. The Labute approximate surface area is 204 Å². The van der Waals surface area contributed by atoms with Crippen LogP contribution in [0, 0.1) is 17.8 Å². The molecule has 0 aromatic heterocycles. The molecule has 5 atom stereocenters. The molecule has 0 aliphatic heterocycles. The second-order valence-corrected chi connectivity index (χ2v) is 9.76. The average Bonchev–Trinajstić information content (AvgIpc) is 3.36. The van der Waals surface area contributed by atoms with Crippen LogP contribution < -0.4 is 10.6 Å². The maximum absolute atomic E-state index is 12.9. The molecule has 0 heterocycles. The maximum atomic E-state index is 12.9. The first kappa shape index (κ1) is 23.4. The predicted molar refractivity (Wildman–Crippen MR) is 128 cm³/mol. The summed E-state index contributed by atoms with van der Waals surface area (Å²) in [6, 6.07) is 15.2. The molecule has 8 nitrogen and oxygen atoms in total. The van der Waals surface area contributed by atoms with Crippen molar-refractivity contribution in [3.05, 3.63) is 59.7 Å². The van der Waals surface area contributed by atoms with E-state index in [0.717, 1.165) is 28.7 Å². The molecule has 2 fully saturated rings. The SMILES string of the molecule is COCC(NC(=O)OCC1c2ccccc2-c2ccccc21)C(=O)N[C@@H]1C[C@@H]2CC(C(=O)O)C[C@@H]21. The standard InChI is InChI=1S/C27H30N2O6/c1-34-14-24(25(30)28-23-12-15-10-16(26(31)32)11-21(15)23)29-27(33)35-13-22-19-8-4-2-6-17(19)18-7-3-5-9-20(18)22/h2-9,15-16,21-24H,10-14H2,1H3,(H,28,30)(H,29,33)(H,31,32)/t15-,16?,21-,23+,24?/m0/s1. The van der Waals surface area contributed by atoms with Crippen molar-refractivity contribution < 1.29 is 29.0 Å². The largest absolute Gasteiger partial charge is 0.481 e. The molecule has 2 saturated carbocycles. The van der Waals surface area contributed by atoms with Gasteiger partial charge in [0.15, 0.2) is 0 Å². The van der Waals surface area contributed by atoms with Crippen LogP contribution in [0.4, 0.5) is 4.79 Å². The smallest absolute Gasteiger partial charge is 0.407 e. The van der Waals surface area contributed by atoms with Gasteiger partial charge in [0.05, 0.1) is 12.5 Å². The van der Waals surface area contributed by atoms with Gasteiger partial charge in [-0.05, 0) is 53.4 Å². The highest BCUT2D eigenvalue weighted by atomic mass is 16.5. The van der Waals surface area contributed by atoms with Crippen LogP contribution in [0.1, 0.15) is 36.3 Å². The van der Waals surface area contributed by atoms with E-state index in [1.165, 1.54) is 7.11 Å². The fourth-order valence-electron chi connectivity index (χ4n) is 6.01. The minimum atomic E-state index is -0.897. The summed E-state index contributed by atoms with van der Waals surface area (Å²) in [6.07, 6.45) is 1.35. The molecule has 2 unspecified atom stereocenters. The van der Waals surface area contributed by atoms with E-state index in [9.17, 15) is 19.5 Å². The molecule has 0 bridgehead atoms. The minimum absolute atomic E-state index is 0.00853. The second-order valence-electron chi connectivity index (χ2n) is 9.76. The number of carbonyl (C=O) groups excluding carboxylic acids is 2. The van der Waals surface area contributed by atoms with Gasteiger partial charge in [0.2, 0.25) is 5.91 Å². The van der Waals surface area contributed by atoms with E-state index in [1.807, 2.05) is 36.4 Å². The van der Waals surface area contributed by atoms with Gasteiger partial charge in [-0.25, -0.2) is 4.79 Å². The van der Waals surface area contributed by atoms with Crippen LogP contribution in [-0.4, -0.2) is 55.5 Å². The van der Waals surface area contributed by atoms with Gasteiger partial charge in [0, 0.05) is 19.1 Å². The summed E-state index contributed by atoms with van der Waals surface area (Å²) in [5.74, 6) is -0.990. The van der Waals surface area contributed by atoms with E-state index >= 15 is 0 Å². The number of hydrogen-bond donors (Lipinski definition) is 3. The summed E-state index contributed by atoms with van der Waals surface area (Å²) in [7, 11) is 1.47. The third-order valence-corrected chi connectivity index (χ3v) is 7.79. The zero-order valence-electron chi connectivity index (χ0n) is 19.6. The van der Waals surface area contributed by atoms with Gasteiger partial charge in [-0.1, -0.05) is 48.5 Å². The number of alkyl carbamates (subject to hydrolysis) is 1. The summed E-state index contributed by atoms with van der Waals surface area (Å²) in [4.78, 5) is 36.8. The van der Waals surface area contributed by atoms with Crippen molar-refractivity contribution in [2.45, 2.75) is 37.3 Å². The van der Waals surface area contributed by atoms with E-state index < -0.39 is 18.1 Å². The lowest BCUT2D eigenvalue weighted by Gasteiger charge is -2.41. The van der Waals surface area contributed by atoms with E-state index in [4.69, 9.17) is 9.47 Å². The number of nitrogens with one attached hydrogen (secondary N) is 2. The van der Waals surface area contributed by atoms with Crippen LogP contribution in [0.5, 0.6) is 0 Å². The van der Waals surface area contributed by atoms with Gasteiger partial charge in [-0.3, -0.25) is 9.59 Å². The zero-order chi connectivity index (χ0) is 24.5. The van der Waals surface area contributed by atoms with Crippen molar-refractivity contribution in [1.82, 2.24) is 10.6 Å². The van der Waals surface area contributed by atoms with Crippen molar-refractivity contribution in [3.63, 3.8) is 0 Å². The normalized spacial score (nSPS) is 24.9. The molecule has 0 saturated heterocycles. The van der Waals surface area contributed by atoms with Crippen LogP contribution in [0.15, 0.2) is 48.5 Å². The van der Waals surface area contributed by atoms with Gasteiger partial charge in [0.25, 0.3) is 0 Å². The molecule has 2 aromatic rings. The Balaban J connectivity index is 1.17. The van der Waals surface area contributed by atoms with Gasteiger partial charge in [-0.2, -0.15) is 0 Å². The fraction of sp³-hybridized carbons (Fsp3) is 0.444. The van der Waals surface area contributed by atoms with Crippen molar-refractivity contribution in [2.24, 2.45) is 17.8 Å². The topological polar surface area (TPSA) is 114 Å². The molecular weight excluding hydrogens is 448 g/mol. The Morgan fingerprint density at radius 2 is 1.66 bits per heavy atom. The Kier molecular flexibility index (Phi) is 6.47. The number of carboxylic acid groups (broad SMARTS) is 1. The number of aliphatic carboxylic acids is 1. The van der Waals surface area contributed by atoms with E-state index in [-0.39, 0.29) is 42.9 Å². The van der Waals surface area contributed by atoms with Gasteiger partial charge < -0.3 is 25.2 Å². The maximum Gasteiger partial charge on any atom is 0.407 e. The number of methoxy groups -OCH3 is 1. The van der Waals surface area contributed by atoms with Crippen molar-refractivity contribution in [2.75, 3.05) is 20.3 Å². The summed E-state index contributed by atoms with van der Waals surface area (Å²) < 4.78 is 10.7. The van der Waals surface area contributed by atoms with Crippen LogP contribution in [0.25, 0.3) is 11.1 Å². The van der Waals surface area contributed by atoms with Gasteiger partial charge in [0.1, 0.15) is 12.6 Å². The molecule has 3 aliphatic carbocycles. The molecule has 0 spiro atoms. The Bertz CT molecular complexity index is 1090. The lowest BCUT2D eigenvalue weighted by atomic mass is 9.71. The highest BCUT2D eigenvalue weighted by molar-refractivity contribution is 5.86. The Morgan fingerprint density at radius 3 is 2.29 bits per heavy atom. The number of ether oxygens (including phenoxy) is 2. The van der Waals surface area contributed by atoms with Crippen LogP contribution in [0.2, 0.25) is 0 Å². The van der Waals surface area contributed by atoms with Crippen molar-refractivity contribution >= 4 is 18.0 Å². The predicted octanol–water partition coefficient (Wildman–Crippen LogP) is 3.16. The van der Waals surface area contributed by atoms with E-state index in [0.29, 0.717) is 18.8 Å². The molecule has 35 heavy (non-hydrogen) atoms. The van der Waals surface area contributed by atoms with E-state index in [1.54, 1.807) is 0 Å². The molecular formula is C27H30N2O6. The summed E-state index contributed by atoms with van der Waals surface area (Å²) >= 11 is 0. The number of carboxylic acids is 1. The number of benzene rings is 2. The second kappa shape index (κ2) is 9.70. The van der Waals surface area contributed by atoms with Crippen LogP contribution >= 0.6 is 0 Å². The highest BCUT2D eigenvalue weighted by Gasteiger charge is 2.50. The first-order valence-electron chi connectivity index (χ1n) is 12.1. The van der Waals surface area contributed by atoms with E-state index in [2.05, 4.69) is 22.8 Å². The summed E-state index contributed by atoms with van der Waals surface area (Å²) in [6.45, 7) is 0.165. The average molecular weight is 479 g/mol. The first-order valence-corrected chi connectivity index (χ1v) is 12.1. The summed E-state index contributed by atoms with van der Waals surface area (Å²) in [5.41, 5.74) is 4.51.